The van der Waals surface area contributed by atoms with E-state index in [0.29, 0.717) is 25.1 Å². The summed E-state index contributed by atoms with van der Waals surface area (Å²) in [6, 6.07) is 24.7. The van der Waals surface area contributed by atoms with Gasteiger partial charge in [-0.25, -0.2) is 0 Å². The number of amides is 2. The minimum atomic E-state index is -0.927. The summed E-state index contributed by atoms with van der Waals surface area (Å²) in [5.41, 5.74) is 1.65. The van der Waals surface area contributed by atoms with Gasteiger partial charge in [-0.1, -0.05) is 61.7 Å². The first-order valence-corrected chi connectivity index (χ1v) is 12.5. The van der Waals surface area contributed by atoms with E-state index in [1.807, 2.05) is 83.8 Å². The highest BCUT2D eigenvalue weighted by atomic mass is 16.5. The number of carbonyl (C=O) groups is 2. The molecule has 188 valence electrons. The van der Waals surface area contributed by atoms with Crippen molar-refractivity contribution in [2.45, 2.75) is 50.6 Å². The molecule has 6 heteroatoms. The van der Waals surface area contributed by atoms with Crippen LogP contribution in [0.1, 0.15) is 43.2 Å². The molecule has 0 radical (unpaired) electrons. The van der Waals surface area contributed by atoms with Gasteiger partial charge in [0, 0.05) is 12.2 Å². The van der Waals surface area contributed by atoms with Crippen molar-refractivity contribution in [2.24, 2.45) is 0 Å². The lowest BCUT2D eigenvalue weighted by atomic mass is 9.78. The molecular weight excluding hydrogens is 452 g/mol. The Morgan fingerprint density at radius 2 is 1.36 bits per heavy atom. The van der Waals surface area contributed by atoms with E-state index in [4.69, 9.17) is 9.47 Å². The van der Waals surface area contributed by atoms with Crippen molar-refractivity contribution in [1.29, 1.82) is 0 Å². The third kappa shape index (κ3) is 5.88. The van der Waals surface area contributed by atoms with Crippen LogP contribution in [0, 0.1) is 0 Å². The number of hydrogen-bond acceptors (Lipinski definition) is 4. The quantitative estimate of drug-likeness (QED) is 0.426. The Labute approximate surface area is 213 Å². The first-order chi connectivity index (χ1) is 17.5. The molecule has 36 heavy (non-hydrogen) atoms. The van der Waals surface area contributed by atoms with Gasteiger partial charge in [0.15, 0.2) is 0 Å². The predicted molar refractivity (Wildman–Crippen MR) is 141 cm³/mol. The van der Waals surface area contributed by atoms with Crippen LogP contribution in [-0.2, 0) is 22.6 Å². The molecule has 1 saturated carbocycles. The Balaban J connectivity index is 1.67. The minimum absolute atomic E-state index is 0.0520. The Kier molecular flexibility index (Phi) is 8.26. The van der Waals surface area contributed by atoms with Crippen LogP contribution in [-0.4, -0.2) is 36.5 Å². The van der Waals surface area contributed by atoms with Crippen molar-refractivity contribution >= 4 is 17.5 Å². The van der Waals surface area contributed by atoms with Crippen LogP contribution in [0.3, 0.4) is 0 Å². The molecule has 3 aromatic rings. The molecule has 6 nitrogen and oxygen atoms in total. The number of ether oxygens (including phenoxy) is 2. The Morgan fingerprint density at radius 3 is 1.94 bits per heavy atom. The number of hydrogen-bond donors (Lipinski definition) is 1. The molecule has 0 atom stereocenters. The molecule has 1 fully saturated rings. The number of methoxy groups -OCH3 is 2. The van der Waals surface area contributed by atoms with Gasteiger partial charge in [0.05, 0.1) is 20.6 Å². The molecule has 0 aromatic heterocycles. The zero-order chi connectivity index (χ0) is 25.4. The molecule has 0 saturated heterocycles. The van der Waals surface area contributed by atoms with Crippen LogP contribution in [0.25, 0.3) is 0 Å². The summed E-state index contributed by atoms with van der Waals surface area (Å²) in [5, 5.41) is 3.10. The Bertz CT molecular complexity index is 1140. The summed E-state index contributed by atoms with van der Waals surface area (Å²) in [5.74, 6) is 1.29. The largest absolute Gasteiger partial charge is 0.497 e. The summed E-state index contributed by atoms with van der Waals surface area (Å²) in [4.78, 5) is 29.7. The summed E-state index contributed by atoms with van der Waals surface area (Å²) < 4.78 is 10.5. The van der Waals surface area contributed by atoms with Gasteiger partial charge in [-0.3, -0.25) is 9.59 Å². The van der Waals surface area contributed by atoms with E-state index in [1.54, 1.807) is 14.2 Å². The second kappa shape index (κ2) is 11.8. The van der Waals surface area contributed by atoms with Crippen molar-refractivity contribution in [3.8, 4) is 11.5 Å². The molecule has 0 unspecified atom stereocenters. The van der Waals surface area contributed by atoms with Crippen LogP contribution < -0.4 is 14.8 Å². The standard InChI is InChI=1S/C30H34N2O4/c1-35-26-15-11-24(12-16-26)22-32(28(33)21-23-9-5-3-6-10-23)30(19-7-4-8-20-30)29(34)31-25-13-17-27(36-2)18-14-25/h3,5-6,9-18H,4,7-8,19-22H2,1-2H3,(H,31,34). The van der Waals surface area contributed by atoms with E-state index in [9.17, 15) is 9.59 Å². The van der Waals surface area contributed by atoms with Gasteiger partial charge >= 0.3 is 0 Å². The number of carbonyl (C=O) groups excluding carboxylic acids is 2. The maximum atomic E-state index is 14.0. The lowest BCUT2D eigenvalue weighted by molar-refractivity contribution is -0.148. The van der Waals surface area contributed by atoms with E-state index in [0.717, 1.165) is 41.9 Å². The Morgan fingerprint density at radius 1 is 0.778 bits per heavy atom. The second-order valence-electron chi connectivity index (χ2n) is 9.27. The van der Waals surface area contributed by atoms with Crippen molar-refractivity contribution in [3.63, 3.8) is 0 Å². The molecule has 1 aliphatic rings. The summed E-state index contributed by atoms with van der Waals surface area (Å²) >= 11 is 0. The fraction of sp³-hybridized carbons (Fsp3) is 0.333. The van der Waals surface area contributed by atoms with E-state index in [-0.39, 0.29) is 18.2 Å². The van der Waals surface area contributed by atoms with E-state index in [1.165, 1.54) is 0 Å². The van der Waals surface area contributed by atoms with E-state index >= 15 is 0 Å². The molecule has 4 rings (SSSR count). The van der Waals surface area contributed by atoms with Crippen molar-refractivity contribution in [1.82, 2.24) is 4.90 Å². The van der Waals surface area contributed by atoms with Crippen LogP contribution in [0.2, 0.25) is 0 Å². The average molecular weight is 487 g/mol. The molecule has 1 aliphatic carbocycles. The summed E-state index contributed by atoms with van der Waals surface area (Å²) in [6.07, 6.45) is 4.36. The average Bonchev–Trinajstić information content (AvgIpc) is 2.93. The third-order valence-electron chi connectivity index (χ3n) is 6.97. The minimum Gasteiger partial charge on any atom is -0.497 e. The molecule has 0 bridgehead atoms. The van der Waals surface area contributed by atoms with Crippen LogP contribution >= 0.6 is 0 Å². The number of anilines is 1. The van der Waals surface area contributed by atoms with Crippen LogP contribution in [0.4, 0.5) is 5.69 Å². The highest BCUT2D eigenvalue weighted by Crippen LogP contribution is 2.37. The number of benzene rings is 3. The summed E-state index contributed by atoms with van der Waals surface area (Å²) in [6.45, 7) is 0.353. The van der Waals surface area contributed by atoms with Gasteiger partial charge in [0.1, 0.15) is 17.0 Å². The summed E-state index contributed by atoms with van der Waals surface area (Å²) in [7, 11) is 3.24. The smallest absolute Gasteiger partial charge is 0.250 e. The SMILES string of the molecule is COc1ccc(CN(C(=O)Cc2ccccc2)C2(C(=O)Nc3ccc(OC)cc3)CCCCC2)cc1. The van der Waals surface area contributed by atoms with Gasteiger partial charge in [-0.15, -0.1) is 0 Å². The molecule has 0 spiro atoms. The molecular formula is C30H34N2O4. The third-order valence-corrected chi connectivity index (χ3v) is 6.97. The zero-order valence-corrected chi connectivity index (χ0v) is 21.0. The van der Waals surface area contributed by atoms with E-state index < -0.39 is 5.54 Å². The lowest BCUT2D eigenvalue weighted by Crippen LogP contribution is -2.60. The molecule has 3 aromatic carbocycles. The molecule has 2 amide bonds. The first-order valence-electron chi connectivity index (χ1n) is 12.5. The number of rotatable bonds is 9. The van der Waals surface area contributed by atoms with Crippen molar-refractivity contribution in [2.75, 3.05) is 19.5 Å². The normalized spacial score (nSPS) is 14.5. The van der Waals surface area contributed by atoms with Gasteiger partial charge in [0.25, 0.3) is 0 Å². The van der Waals surface area contributed by atoms with Gasteiger partial charge < -0.3 is 19.7 Å². The van der Waals surface area contributed by atoms with Crippen molar-refractivity contribution < 1.29 is 19.1 Å². The topological polar surface area (TPSA) is 67.9 Å². The lowest BCUT2D eigenvalue weighted by Gasteiger charge is -2.45. The molecule has 1 N–H and O–H groups in total. The number of nitrogens with one attached hydrogen (secondary N) is 1. The van der Waals surface area contributed by atoms with Gasteiger partial charge in [-0.05, 0) is 60.4 Å². The van der Waals surface area contributed by atoms with Gasteiger partial charge in [0.2, 0.25) is 11.8 Å². The predicted octanol–water partition coefficient (Wildman–Crippen LogP) is 5.62. The fourth-order valence-corrected chi connectivity index (χ4v) is 4.94. The monoisotopic (exact) mass is 486 g/mol. The molecule has 0 heterocycles. The maximum Gasteiger partial charge on any atom is 0.250 e. The van der Waals surface area contributed by atoms with Crippen LogP contribution in [0.5, 0.6) is 11.5 Å². The Hall–Kier alpha value is -3.80. The van der Waals surface area contributed by atoms with Gasteiger partial charge in [-0.2, -0.15) is 0 Å². The molecule has 0 aliphatic heterocycles. The van der Waals surface area contributed by atoms with Crippen LogP contribution in [0.15, 0.2) is 78.9 Å². The zero-order valence-electron chi connectivity index (χ0n) is 21.0. The maximum absolute atomic E-state index is 14.0. The second-order valence-corrected chi connectivity index (χ2v) is 9.27. The van der Waals surface area contributed by atoms with E-state index in [2.05, 4.69) is 5.32 Å². The highest BCUT2D eigenvalue weighted by Gasteiger charge is 2.46. The van der Waals surface area contributed by atoms with Crippen molar-refractivity contribution in [3.05, 3.63) is 90.0 Å². The fourth-order valence-electron chi connectivity index (χ4n) is 4.94. The highest BCUT2D eigenvalue weighted by molar-refractivity contribution is 6.01. The number of nitrogens with zero attached hydrogens (tertiary/aromatic N) is 1. The first kappa shape index (κ1) is 25.3.